The van der Waals surface area contributed by atoms with E-state index in [9.17, 15) is 4.79 Å². The summed E-state index contributed by atoms with van der Waals surface area (Å²) >= 11 is 0. The van der Waals surface area contributed by atoms with Gasteiger partial charge in [-0.3, -0.25) is 4.79 Å². The number of amides is 1. The molecule has 2 aromatic heterocycles. The number of piperidine rings is 1. The fourth-order valence-corrected chi connectivity index (χ4v) is 3.57. The number of likely N-dealkylation sites (tertiary alicyclic amines) is 1. The molecule has 1 aliphatic rings. The smallest absolute Gasteiger partial charge is 0.257 e. The van der Waals surface area contributed by atoms with Crippen molar-refractivity contribution in [2.24, 2.45) is 0 Å². The largest absolute Gasteiger partial charge is 0.496 e. The van der Waals surface area contributed by atoms with E-state index >= 15 is 0 Å². The predicted molar refractivity (Wildman–Crippen MR) is 100 cm³/mol. The van der Waals surface area contributed by atoms with Gasteiger partial charge < -0.3 is 9.64 Å². The molecule has 26 heavy (non-hydrogen) atoms. The molecule has 1 saturated heterocycles. The molecule has 0 radical (unpaired) electrons. The van der Waals surface area contributed by atoms with Crippen molar-refractivity contribution in [2.45, 2.75) is 18.8 Å². The van der Waals surface area contributed by atoms with E-state index in [1.807, 2.05) is 41.3 Å². The Labute approximate surface area is 152 Å². The highest BCUT2D eigenvalue weighted by atomic mass is 16.5. The first kappa shape index (κ1) is 16.5. The lowest BCUT2D eigenvalue weighted by Crippen LogP contribution is -2.38. The van der Waals surface area contributed by atoms with Crippen LogP contribution in [0.4, 0.5) is 0 Å². The summed E-state index contributed by atoms with van der Waals surface area (Å²) in [4.78, 5) is 23.8. The highest BCUT2D eigenvalue weighted by Crippen LogP contribution is 2.29. The topological polar surface area (TPSA) is 55.3 Å². The van der Waals surface area contributed by atoms with Gasteiger partial charge in [-0.15, -0.1) is 0 Å². The monoisotopic (exact) mass is 347 g/mol. The van der Waals surface area contributed by atoms with Gasteiger partial charge in [0.25, 0.3) is 5.91 Å². The molecule has 5 heteroatoms. The molecule has 3 heterocycles. The maximum atomic E-state index is 12.8. The number of fused-ring (bicyclic) bond motifs is 1. The van der Waals surface area contributed by atoms with Crippen molar-refractivity contribution in [3.05, 3.63) is 66.0 Å². The summed E-state index contributed by atoms with van der Waals surface area (Å²) in [6.45, 7) is 1.45. The van der Waals surface area contributed by atoms with Crippen LogP contribution in [0, 0.1) is 0 Å². The summed E-state index contributed by atoms with van der Waals surface area (Å²) in [7, 11) is 1.60. The normalized spacial score (nSPS) is 15.2. The van der Waals surface area contributed by atoms with Gasteiger partial charge in [0, 0.05) is 36.3 Å². The van der Waals surface area contributed by atoms with Crippen LogP contribution in [0.15, 0.2) is 54.7 Å². The molecule has 4 rings (SSSR count). The maximum absolute atomic E-state index is 12.8. The van der Waals surface area contributed by atoms with Crippen LogP contribution in [-0.2, 0) is 0 Å². The van der Waals surface area contributed by atoms with Crippen LogP contribution in [-0.4, -0.2) is 41.0 Å². The second-order valence-corrected chi connectivity index (χ2v) is 6.55. The molecule has 132 valence electrons. The molecule has 3 aromatic rings. The fourth-order valence-electron chi connectivity index (χ4n) is 3.57. The average Bonchev–Trinajstić information content (AvgIpc) is 2.73. The van der Waals surface area contributed by atoms with E-state index in [0.717, 1.165) is 42.7 Å². The minimum Gasteiger partial charge on any atom is -0.496 e. The molecule has 1 aliphatic heterocycles. The Kier molecular flexibility index (Phi) is 4.52. The molecule has 0 saturated carbocycles. The standard InChI is InChI=1S/C21H21N3O2/c1-26-19-7-3-2-6-17(19)21(25)24-13-10-15(11-14-24)18-9-8-16-5-4-12-22-20(16)23-18/h2-9,12,15H,10-11,13-14H2,1H3. The van der Waals surface area contributed by atoms with Gasteiger partial charge in [0.1, 0.15) is 5.75 Å². The van der Waals surface area contributed by atoms with Gasteiger partial charge in [-0.25, -0.2) is 9.97 Å². The zero-order chi connectivity index (χ0) is 17.9. The lowest BCUT2D eigenvalue weighted by atomic mass is 9.92. The van der Waals surface area contributed by atoms with E-state index in [4.69, 9.17) is 9.72 Å². The molecule has 1 fully saturated rings. The van der Waals surface area contributed by atoms with Gasteiger partial charge in [0.2, 0.25) is 0 Å². The number of nitrogens with zero attached hydrogens (tertiary/aromatic N) is 3. The SMILES string of the molecule is COc1ccccc1C(=O)N1CCC(c2ccc3cccnc3n2)CC1. The number of carbonyl (C=O) groups excluding carboxylic acids is 1. The van der Waals surface area contributed by atoms with Crippen LogP contribution in [0.1, 0.15) is 34.8 Å². The third-order valence-electron chi connectivity index (χ3n) is 5.02. The van der Waals surface area contributed by atoms with E-state index in [0.29, 0.717) is 17.2 Å². The summed E-state index contributed by atoms with van der Waals surface area (Å²) in [6, 6.07) is 15.5. The molecule has 0 bridgehead atoms. The van der Waals surface area contributed by atoms with Crippen molar-refractivity contribution in [3.63, 3.8) is 0 Å². The minimum absolute atomic E-state index is 0.0361. The van der Waals surface area contributed by atoms with Crippen molar-refractivity contribution < 1.29 is 9.53 Å². The van der Waals surface area contributed by atoms with Gasteiger partial charge in [0.05, 0.1) is 12.7 Å². The van der Waals surface area contributed by atoms with E-state index in [-0.39, 0.29) is 5.91 Å². The Balaban J connectivity index is 1.47. The molecule has 1 amide bonds. The number of methoxy groups -OCH3 is 1. The molecule has 5 nitrogen and oxygen atoms in total. The van der Waals surface area contributed by atoms with Crippen molar-refractivity contribution in [2.75, 3.05) is 20.2 Å². The molecular weight excluding hydrogens is 326 g/mol. The molecular formula is C21H21N3O2. The quantitative estimate of drug-likeness (QED) is 0.725. The Morgan fingerprint density at radius 3 is 2.69 bits per heavy atom. The zero-order valence-electron chi connectivity index (χ0n) is 14.8. The lowest BCUT2D eigenvalue weighted by molar-refractivity contribution is 0.0709. The van der Waals surface area contributed by atoms with Gasteiger partial charge in [0.15, 0.2) is 5.65 Å². The van der Waals surface area contributed by atoms with Crippen LogP contribution < -0.4 is 4.74 Å². The second kappa shape index (κ2) is 7.12. The number of hydrogen-bond donors (Lipinski definition) is 0. The number of para-hydroxylation sites is 1. The average molecular weight is 347 g/mol. The Hall–Kier alpha value is -2.95. The molecule has 0 unspecified atom stereocenters. The van der Waals surface area contributed by atoms with Crippen LogP contribution in [0.3, 0.4) is 0 Å². The zero-order valence-corrected chi connectivity index (χ0v) is 14.8. The first-order valence-electron chi connectivity index (χ1n) is 8.90. The maximum Gasteiger partial charge on any atom is 0.257 e. The van der Waals surface area contributed by atoms with Crippen LogP contribution in [0.5, 0.6) is 5.75 Å². The van der Waals surface area contributed by atoms with Crippen LogP contribution in [0.25, 0.3) is 11.0 Å². The summed E-state index contributed by atoms with van der Waals surface area (Å²) in [5.74, 6) is 1.03. The second-order valence-electron chi connectivity index (χ2n) is 6.55. The first-order valence-corrected chi connectivity index (χ1v) is 8.90. The highest BCUT2D eigenvalue weighted by Gasteiger charge is 2.26. The number of ether oxygens (including phenoxy) is 1. The Morgan fingerprint density at radius 2 is 1.88 bits per heavy atom. The molecule has 0 spiro atoms. The van der Waals surface area contributed by atoms with E-state index in [2.05, 4.69) is 17.1 Å². The Bertz CT molecular complexity index is 933. The Morgan fingerprint density at radius 1 is 1.08 bits per heavy atom. The van der Waals surface area contributed by atoms with E-state index < -0.39 is 0 Å². The van der Waals surface area contributed by atoms with Gasteiger partial charge in [-0.1, -0.05) is 12.1 Å². The molecule has 0 N–H and O–H groups in total. The van der Waals surface area contributed by atoms with Crippen molar-refractivity contribution >= 4 is 16.9 Å². The third-order valence-corrected chi connectivity index (χ3v) is 5.02. The number of carbonyl (C=O) groups is 1. The molecule has 0 aliphatic carbocycles. The molecule has 1 aromatic carbocycles. The lowest BCUT2D eigenvalue weighted by Gasteiger charge is -2.32. The summed E-state index contributed by atoms with van der Waals surface area (Å²) < 4.78 is 5.32. The van der Waals surface area contributed by atoms with Crippen molar-refractivity contribution in [3.8, 4) is 5.75 Å². The van der Waals surface area contributed by atoms with E-state index in [1.54, 1.807) is 13.3 Å². The first-order chi connectivity index (χ1) is 12.8. The van der Waals surface area contributed by atoms with Gasteiger partial charge >= 0.3 is 0 Å². The number of benzene rings is 1. The number of rotatable bonds is 3. The number of pyridine rings is 2. The van der Waals surface area contributed by atoms with Gasteiger partial charge in [-0.2, -0.15) is 0 Å². The summed E-state index contributed by atoms with van der Waals surface area (Å²) in [5, 5.41) is 1.06. The van der Waals surface area contributed by atoms with Crippen molar-refractivity contribution in [1.29, 1.82) is 0 Å². The number of aromatic nitrogens is 2. The fraction of sp³-hybridized carbons (Fsp3) is 0.286. The molecule has 0 atom stereocenters. The summed E-state index contributed by atoms with van der Waals surface area (Å²) in [6.07, 6.45) is 3.59. The van der Waals surface area contributed by atoms with Gasteiger partial charge in [-0.05, 0) is 49.2 Å². The number of hydrogen-bond acceptors (Lipinski definition) is 4. The minimum atomic E-state index is 0.0361. The summed E-state index contributed by atoms with van der Waals surface area (Å²) in [5.41, 5.74) is 2.49. The highest BCUT2D eigenvalue weighted by molar-refractivity contribution is 5.97. The van der Waals surface area contributed by atoms with E-state index in [1.165, 1.54) is 0 Å². The van der Waals surface area contributed by atoms with Crippen molar-refractivity contribution in [1.82, 2.24) is 14.9 Å². The van der Waals surface area contributed by atoms with Crippen LogP contribution >= 0.6 is 0 Å². The third kappa shape index (κ3) is 3.12. The predicted octanol–water partition coefficient (Wildman–Crippen LogP) is 3.66. The van der Waals surface area contributed by atoms with Crippen LogP contribution in [0.2, 0.25) is 0 Å².